The molecule has 2 heterocycles. The summed E-state index contributed by atoms with van der Waals surface area (Å²) in [5, 5.41) is 14.3. The van der Waals surface area contributed by atoms with Crippen LogP contribution in [0.4, 0.5) is 0 Å². The smallest absolute Gasteiger partial charge is 0.273 e. The third-order valence-corrected chi connectivity index (χ3v) is 4.07. The van der Waals surface area contributed by atoms with Gasteiger partial charge in [-0.1, -0.05) is 13.8 Å². The van der Waals surface area contributed by atoms with Crippen LogP contribution in [0.15, 0.2) is 4.90 Å². The first kappa shape index (κ1) is 14.9. The third-order valence-electron chi connectivity index (χ3n) is 3.09. The summed E-state index contributed by atoms with van der Waals surface area (Å²) in [4.78, 5) is 11.9. The van der Waals surface area contributed by atoms with Crippen molar-refractivity contribution in [1.29, 1.82) is 0 Å². The Kier molecular flexibility index (Phi) is 4.11. The van der Waals surface area contributed by atoms with Crippen LogP contribution < -0.4 is 10.5 Å². The summed E-state index contributed by atoms with van der Waals surface area (Å²) in [5.74, 6) is -0.708. The predicted molar refractivity (Wildman–Crippen MR) is 70.7 cm³/mol. The number of nitrogens with one attached hydrogen (secondary N) is 2. The van der Waals surface area contributed by atoms with Gasteiger partial charge >= 0.3 is 0 Å². The molecular formula is C11H18N4O4S. The second kappa shape index (κ2) is 5.51. The minimum absolute atomic E-state index is 0.130. The van der Waals surface area contributed by atoms with E-state index in [0.29, 0.717) is 25.3 Å². The molecule has 1 aromatic rings. The van der Waals surface area contributed by atoms with Crippen LogP contribution in [0.2, 0.25) is 0 Å². The maximum atomic E-state index is 12.1. The van der Waals surface area contributed by atoms with Crippen molar-refractivity contribution in [3.63, 3.8) is 0 Å². The Morgan fingerprint density at radius 1 is 1.55 bits per heavy atom. The Morgan fingerprint density at radius 3 is 2.75 bits per heavy atom. The van der Waals surface area contributed by atoms with Crippen LogP contribution >= 0.6 is 0 Å². The Balaban J connectivity index is 2.33. The predicted octanol–water partition coefficient (Wildman–Crippen LogP) is -0.301. The molecule has 2 rings (SSSR count). The van der Waals surface area contributed by atoms with Gasteiger partial charge in [-0.3, -0.25) is 9.89 Å². The van der Waals surface area contributed by atoms with Crippen molar-refractivity contribution >= 4 is 15.9 Å². The van der Waals surface area contributed by atoms with Gasteiger partial charge in [-0.05, 0) is 12.3 Å². The molecule has 1 fully saturated rings. The van der Waals surface area contributed by atoms with Gasteiger partial charge in [0.15, 0.2) is 5.69 Å². The highest BCUT2D eigenvalue weighted by Gasteiger charge is 2.30. The molecule has 0 aliphatic carbocycles. The number of ether oxygens (including phenoxy) is 1. The number of hydrogen-bond donors (Lipinski definition) is 3. The van der Waals surface area contributed by atoms with Gasteiger partial charge in [-0.2, -0.15) is 5.10 Å². The summed E-state index contributed by atoms with van der Waals surface area (Å²) in [5.41, 5.74) is 0.142. The van der Waals surface area contributed by atoms with Crippen molar-refractivity contribution in [3.05, 3.63) is 11.4 Å². The van der Waals surface area contributed by atoms with Gasteiger partial charge in [0, 0.05) is 6.61 Å². The number of nitrogens with two attached hydrogens (primary N) is 1. The summed E-state index contributed by atoms with van der Waals surface area (Å²) in [6.07, 6.45) is 0.692. The van der Waals surface area contributed by atoms with E-state index in [0.717, 1.165) is 0 Å². The zero-order chi connectivity index (χ0) is 14.9. The Hall–Kier alpha value is -1.45. The Bertz CT molecular complexity index is 602. The van der Waals surface area contributed by atoms with Gasteiger partial charge in [0.1, 0.15) is 4.90 Å². The maximum absolute atomic E-state index is 12.1. The van der Waals surface area contributed by atoms with Crippen LogP contribution in [-0.2, 0) is 14.8 Å². The second-order valence-corrected chi connectivity index (χ2v) is 6.55. The monoisotopic (exact) mass is 302 g/mol. The number of rotatable bonds is 4. The number of aromatic amines is 1. The zero-order valence-electron chi connectivity index (χ0n) is 11.3. The first-order chi connectivity index (χ1) is 9.30. The Labute approximate surface area is 117 Å². The van der Waals surface area contributed by atoms with E-state index in [2.05, 4.69) is 15.5 Å². The van der Waals surface area contributed by atoms with Crippen molar-refractivity contribution in [2.45, 2.75) is 37.1 Å². The molecule has 8 nitrogen and oxygen atoms in total. The lowest BCUT2D eigenvalue weighted by Gasteiger charge is -2.10. The molecule has 9 heteroatoms. The fraction of sp³-hybridized carbons (Fsp3) is 0.636. The van der Waals surface area contributed by atoms with Gasteiger partial charge < -0.3 is 10.1 Å². The first-order valence-corrected chi connectivity index (χ1v) is 7.85. The average Bonchev–Trinajstić information content (AvgIpc) is 2.95. The molecule has 1 amide bonds. The molecule has 0 spiro atoms. The average molecular weight is 302 g/mol. The second-order valence-electron chi connectivity index (χ2n) is 5.05. The summed E-state index contributed by atoms with van der Waals surface area (Å²) in [7, 11) is -4.03. The van der Waals surface area contributed by atoms with Crippen molar-refractivity contribution in [3.8, 4) is 0 Å². The topological polar surface area (TPSA) is 127 Å². The number of nitrogens with zero attached hydrogens (tertiary/aromatic N) is 1. The molecule has 0 saturated carbocycles. The molecule has 1 aliphatic rings. The molecule has 0 aromatic carbocycles. The van der Waals surface area contributed by atoms with Gasteiger partial charge in [-0.25, -0.2) is 13.6 Å². The molecule has 1 atom stereocenters. The van der Waals surface area contributed by atoms with E-state index in [1.165, 1.54) is 0 Å². The van der Waals surface area contributed by atoms with Crippen molar-refractivity contribution < 1.29 is 17.9 Å². The van der Waals surface area contributed by atoms with Crippen LogP contribution in [-0.4, -0.2) is 43.8 Å². The van der Waals surface area contributed by atoms with Gasteiger partial charge in [0.2, 0.25) is 10.0 Å². The molecule has 112 valence electrons. The fourth-order valence-electron chi connectivity index (χ4n) is 2.08. The number of carbonyl (C=O) groups is 1. The maximum Gasteiger partial charge on any atom is 0.273 e. The third kappa shape index (κ3) is 3.00. The standard InChI is InChI=1S/C11H18N4O4S/c1-6(2)8-10(20(12,17)18)9(15-14-8)11(16)13-7-3-4-19-5-7/h6-7H,3-5H2,1-2H3,(H,13,16)(H,14,15)(H2,12,17,18). The van der Waals surface area contributed by atoms with E-state index >= 15 is 0 Å². The molecule has 0 bridgehead atoms. The lowest BCUT2D eigenvalue weighted by atomic mass is 10.1. The number of aromatic nitrogens is 2. The minimum atomic E-state index is -4.03. The summed E-state index contributed by atoms with van der Waals surface area (Å²) < 4.78 is 28.5. The highest BCUT2D eigenvalue weighted by Crippen LogP contribution is 2.23. The molecule has 1 aromatic heterocycles. The van der Waals surface area contributed by atoms with Crippen molar-refractivity contribution in [2.75, 3.05) is 13.2 Å². The largest absolute Gasteiger partial charge is 0.379 e. The van der Waals surface area contributed by atoms with Gasteiger partial charge in [0.05, 0.1) is 18.3 Å². The van der Waals surface area contributed by atoms with E-state index in [1.54, 1.807) is 13.8 Å². The van der Waals surface area contributed by atoms with E-state index in [4.69, 9.17) is 9.88 Å². The number of amides is 1. The Morgan fingerprint density at radius 2 is 2.25 bits per heavy atom. The first-order valence-electron chi connectivity index (χ1n) is 6.30. The molecular weight excluding hydrogens is 284 g/mol. The van der Waals surface area contributed by atoms with Gasteiger partial charge in [-0.15, -0.1) is 0 Å². The number of primary sulfonamides is 1. The van der Waals surface area contributed by atoms with Crippen LogP contribution in [0.25, 0.3) is 0 Å². The molecule has 4 N–H and O–H groups in total. The number of sulfonamides is 1. The van der Waals surface area contributed by atoms with Crippen LogP contribution in [0.5, 0.6) is 0 Å². The normalized spacial score (nSPS) is 19.5. The molecule has 1 aliphatic heterocycles. The van der Waals surface area contributed by atoms with E-state index in [9.17, 15) is 13.2 Å². The van der Waals surface area contributed by atoms with Crippen LogP contribution in [0.1, 0.15) is 42.4 Å². The number of hydrogen-bond acceptors (Lipinski definition) is 5. The van der Waals surface area contributed by atoms with Crippen molar-refractivity contribution in [2.24, 2.45) is 5.14 Å². The fourth-order valence-corrected chi connectivity index (χ4v) is 3.08. The SMILES string of the molecule is CC(C)c1[nH]nc(C(=O)NC2CCOC2)c1S(N)(=O)=O. The van der Waals surface area contributed by atoms with E-state index in [-0.39, 0.29) is 22.5 Å². The van der Waals surface area contributed by atoms with E-state index < -0.39 is 15.9 Å². The minimum Gasteiger partial charge on any atom is -0.379 e. The highest BCUT2D eigenvalue weighted by atomic mass is 32.2. The number of H-pyrrole nitrogens is 1. The van der Waals surface area contributed by atoms with E-state index in [1.807, 2.05) is 0 Å². The summed E-state index contributed by atoms with van der Waals surface area (Å²) >= 11 is 0. The zero-order valence-corrected chi connectivity index (χ0v) is 12.2. The van der Waals surface area contributed by atoms with Gasteiger partial charge in [0.25, 0.3) is 5.91 Å². The summed E-state index contributed by atoms with van der Waals surface area (Å²) in [6.45, 7) is 4.56. The quantitative estimate of drug-likeness (QED) is 0.703. The molecule has 20 heavy (non-hydrogen) atoms. The molecule has 1 unspecified atom stereocenters. The van der Waals surface area contributed by atoms with Crippen LogP contribution in [0.3, 0.4) is 0 Å². The van der Waals surface area contributed by atoms with Crippen molar-refractivity contribution in [1.82, 2.24) is 15.5 Å². The van der Waals surface area contributed by atoms with Crippen LogP contribution in [0, 0.1) is 0 Å². The highest BCUT2D eigenvalue weighted by molar-refractivity contribution is 7.89. The lowest BCUT2D eigenvalue weighted by molar-refractivity contribution is 0.0921. The lowest BCUT2D eigenvalue weighted by Crippen LogP contribution is -2.36. The summed E-state index contributed by atoms with van der Waals surface area (Å²) in [6, 6.07) is -0.130. The molecule has 0 radical (unpaired) electrons. The molecule has 1 saturated heterocycles. The number of carbonyl (C=O) groups excluding carboxylic acids is 1.